The topological polar surface area (TPSA) is 9.23 Å². The van der Waals surface area contributed by atoms with Crippen LogP contribution < -0.4 is 0 Å². The highest BCUT2D eigenvalue weighted by Gasteiger charge is 2.07. The lowest BCUT2D eigenvalue weighted by atomic mass is 10.2. The van der Waals surface area contributed by atoms with E-state index < -0.39 is 0 Å². The molecule has 0 N–H and O–H groups in total. The lowest BCUT2D eigenvalue weighted by molar-refractivity contribution is 0.187. The molecule has 68 valence electrons. The highest BCUT2D eigenvalue weighted by atomic mass is 79.9. The molecule has 2 aromatic rings. The Bertz CT molecular complexity index is 422. The lowest BCUT2D eigenvalue weighted by Crippen LogP contribution is -1.81. The largest absolute Gasteiger partial charge is 0.379 e. The molecular weight excluding hydrogens is 248 g/mol. The van der Waals surface area contributed by atoms with E-state index in [0.29, 0.717) is 6.61 Å². The molecule has 0 radical (unpaired) electrons. The van der Waals surface area contributed by atoms with Crippen molar-refractivity contribution in [3.63, 3.8) is 0 Å². The van der Waals surface area contributed by atoms with Gasteiger partial charge >= 0.3 is 0 Å². The normalized spacial score (nSPS) is 10.9. The molecule has 0 spiro atoms. The Kier molecular flexibility index (Phi) is 2.67. The van der Waals surface area contributed by atoms with Gasteiger partial charge in [-0.05, 0) is 22.0 Å². The van der Waals surface area contributed by atoms with Crippen LogP contribution in [0.1, 0.15) is 4.88 Å². The van der Waals surface area contributed by atoms with Crippen LogP contribution >= 0.6 is 27.3 Å². The second kappa shape index (κ2) is 3.78. The number of halogens is 1. The Morgan fingerprint density at radius 1 is 1.38 bits per heavy atom. The number of benzene rings is 1. The van der Waals surface area contributed by atoms with Gasteiger partial charge in [0, 0.05) is 26.5 Å². The third-order valence-corrected chi connectivity index (χ3v) is 4.19. The second-order valence-corrected chi connectivity index (χ2v) is 4.70. The maximum Gasteiger partial charge on any atom is 0.0817 e. The van der Waals surface area contributed by atoms with Crippen molar-refractivity contribution in [3.05, 3.63) is 33.6 Å². The third kappa shape index (κ3) is 1.64. The van der Waals surface area contributed by atoms with Crippen molar-refractivity contribution in [2.45, 2.75) is 6.61 Å². The molecule has 1 heterocycles. The number of ether oxygens (including phenoxy) is 1. The van der Waals surface area contributed by atoms with E-state index in [1.165, 1.54) is 19.4 Å². The van der Waals surface area contributed by atoms with Crippen molar-refractivity contribution >= 4 is 37.4 Å². The van der Waals surface area contributed by atoms with E-state index in [0.717, 1.165) is 0 Å². The lowest BCUT2D eigenvalue weighted by Gasteiger charge is -1.93. The fraction of sp³-hybridized carbons (Fsp3) is 0.200. The molecule has 2 rings (SSSR count). The zero-order chi connectivity index (χ0) is 9.26. The monoisotopic (exact) mass is 256 g/mol. The Balaban J connectivity index is 2.60. The molecule has 1 nitrogen and oxygen atoms in total. The van der Waals surface area contributed by atoms with Gasteiger partial charge in [-0.1, -0.05) is 18.2 Å². The molecule has 0 fully saturated rings. The quantitative estimate of drug-likeness (QED) is 0.794. The molecule has 1 aromatic heterocycles. The van der Waals surface area contributed by atoms with Crippen LogP contribution in [0.2, 0.25) is 0 Å². The summed E-state index contributed by atoms with van der Waals surface area (Å²) in [6, 6.07) is 8.36. The van der Waals surface area contributed by atoms with Gasteiger partial charge < -0.3 is 4.74 Å². The van der Waals surface area contributed by atoms with E-state index >= 15 is 0 Å². The van der Waals surface area contributed by atoms with Crippen LogP contribution in [0.3, 0.4) is 0 Å². The SMILES string of the molecule is COCc1sc2ccccc2c1Br. The molecule has 0 saturated carbocycles. The number of fused-ring (bicyclic) bond motifs is 1. The van der Waals surface area contributed by atoms with Gasteiger partial charge in [0.1, 0.15) is 0 Å². The summed E-state index contributed by atoms with van der Waals surface area (Å²) in [4.78, 5) is 1.25. The molecule has 0 atom stereocenters. The highest BCUT2D eigenvalue weighted by Crippen LogP contribution is 2.35. The predicted octanol–water partition coefficient (Wildman–Crippen LogP) is 3.81. The van der Waals surface area contributed by atoms with Crippen LogP contribution in [-0.2, 0) is 11.3 Å². The van der Waals surface area contributed by atoms with E-state index in [2.05, 4.69) is 40.2 Å². The number of hydrogen-bond donors (Lipinski definition) is 0. The molecule has 0 saturated heterocycles. The van der Waals surface area contributed by atoms with Crippen LogP contribution in [0.4, 0.5) is 0 Å². The van der Waals surface area contributed by atoms with Gasteiger partial charge in [0.15, 0.2) is 0 Å². The summed E-state index contributed by atoms with van der Waals surface area (Å²) in [6.45, 7) is 0.680. The molecule has 3 heteroatoms. The summed E-state index contributed by atoms with van der Waals surface area (Å²) < 4.78 is 7.60. The number of thiophene rings is 1. The van der Waals surface area contributed by atoms with Crippen molar-refractivity contribution in [1.82, 2.24) is 0 Å². The highest BCUT2D eigenvalue weighted by molar-refractivity contribution is 9.10. The minimum absolute atomic E-state index is 0.680. The molecule has 13 heavy (non-hydrogen) atoms. The molecule has 0 amide bonds. The van der Waals surface area contributed by atoms with Crippen molar-refractivity contribution < 1.29 is 4.74 Å². The molecule has 0 bridgehead atoms. The van der Waals surface area contributed by atoms with Gasteiger partial charge in [0.2, 0.25) is 0 Å². The molecular formula is C10H9BrOS. The van der Waals surface area contributed by atoms with E-state index in [-0.39, 0.29) is 0 Å². The van der Waals surface area contributed by atoms with Gasteiger partial charge in [0.25, 0.3) is 0 Å². The Morgan fingerprint density at radius 3 is 2.85 bits per heavy atom. The van der Waals surface area contributed by atoms with Crippen LogP contribution in [0.5, 0.6) is 0 Å². The molecule has 0 unspecified atom stereocenters. The van der Waals surface area contributed by atoms with Crippen LogP contribution in [0.15, 0.2) is 28.7 Å². The summed E-state index contributed by atoms with van der Waals surface area (Å²) in [5.74, 6) is 0. The summed E-state index contributed by atoms with van der Waals surface area (Å²) >= 11 is 5.36. The predicted molar refractivity (Wildman–Crippen MR) is 60.2 cm³/mol. The Hall–Kier alpha value is -0.380. The molecule has 0 aliphatic rings. The fourth-order valence-corrected chi connectivity index (χ4v) is 3.19. The van der Waals surface area contributed by atoms with Gasteiger partial charge in [-0.2, -0.15) is 0 Å². The smallest absolute Gasteiger partial charge is 0.0817 e. The van der Waals surface area contributed by atoms with Crippen molar-refractivity contribution in [1.29, 1.82) is 0 Å². The first-order chi connectivity index (χ1) is 6.33. The van der Waals surface area contributed by atoms with Crippen LogP contribution in [-0.4, -0.2) is 7.11 Å². The maximum absolute atomic E-state index is 5.12. The average Bonchev–Trinajstić information content (AvgIpc) is 2.46. The number of rotatable bonds is 2. The summed E-state index contributed by atoms with van der Waals surface area (Å²) in [5.41, 5.74) is 0. The van der Waals surface area contributed by atoms with Crippen molar-refractivity contribution in [3.8, 4) is 0 Å². The van der Waals surface area contributed by atoms with E-state index in [1.54, 1.807) is 18.4 Å². The first kappa shape index (κ1) is 9.19. The standard InChI is InChI=1S/C10H9BrOS/c1-12-6-9-10(11)7-4-2-3-5-8(7)13-9/h2-5H,6H2,1H3. The molecule has 1 aromatic carbocycles. The molecule has 0 aliphatic carbocycles. The average molecular weight is 257 g/mol. The zero-order valence-electron chi connectivity index (χ0n) is 7.21. The van der Waals surface area contributed by atoms with Crippen LogP contribution in [0, 0.1) is 0 Å². The summed E-state index contributed by atoms with van der Waals surface area (Å²) in [7, 11) is 1.72. The number of methoxy groups -OCH3 is 1. The Labute approximate surface area is 89.5 Å². The van der Waals surface area contributed by atoms with Gasteiger partial charge in [0.05, 0.1) is 6.61 Å². The minimum Gasteiger partial charge on any atom is -0.379 e. The van der Waals surface area contributed by atoms with Crippen LogP contribution in [0.25, 0.3) is 10.1 Å². The van der Waals surface area contributed by atoms with Gasteiger partial charge in [-0.25, -0.2) is 0 Å². The first-order valence-electron chi connectivity index (χ1n) is 3.98. The first-order valence-corrected chi connectivity index (χ1v) is 5.58. The van der Waals surface area contributed by atoms with Gasteiger partial charge in [-0.3, -0.25) is 0 Å². The second-order valence-electron chi connectivity index (χ2n) is 2.77. The van der Waals surface area contributed by atoms with Gasteiger partial charge in [-0.15, -0.1) is 11.3 Å². The maximum atomic E-state index is 5.12. The third-order valence-electron chi connectivity index (χ3n) is 1.88. The summed E-state index contributed by atoms with van der Waals surface area (Å²) in [6.07, 6.45) is 0. The van der Waals surface area contributed by atoms with Crippen molar-refractivity contribution in [2.24, 2.45) is 0 Å². The van der Waals surface area contributed by atoms with E-state index in [1.807, 2.05) is 0 Å². The zero-order valence-corrected chi connectivity index (χ0v) is 9.61. The molecule has 0 aliphatic heterocycles. The van der Waals surface area contributed by atoms with Crippen molar-refractivity contribution in [2.75, 3.05) is 7.11 Å². The van der Waals surface area contributed by atoms with E-state index in [9.17, 15) is 0 Å². The van der Waals surface area contributed by atoms with E-state index in [4.69, 9.17) is 4.74 Å². The summed E-state index contributed by atoms with van der Waals surface area (Å²) in [5, 5.41) is 1.28. The number of hydrogen-bond acceptors (Lipinski definition) is 2. The Morgan fingerprint density at radius 2 is 2.15 bits per heavy atom. The fourth-order valence-electron chi connectivity index (χ4n) is 1.29. The minimum atomic E-state index is 0.680.